The molecule has 0 aliphatic rings. The van der Waals surface area contributed by atoms with Crippen LogP contribution >= 0.6 is 0 Å². The quantitative estimate of drug-likeness (QED) is 0.878. The molecule has 1 N–H and O–H groups in total. The van der Waals surface area contributed by atoms with Crippen molar-refractivity contribution >= 4 is 0 Å². The van der Waals surface area contributed by atoms with Gasteiger partial charge in [0.05, 0.1) is 12.8 Å². The lowest BCUT2D eigenvalue weighted by Gasteiger charge is -2.13. The lowest BCUT2D eigenvalue weighted by atomic mass is 10.0. The second-order valence-electron chi connectivity index (χ2n) is 4.68. The van der Waals surface area contributed by atoms with Gasteiger partial charge in [-0.1, -0.05) is 25.1 Å². The van der Waals surface area contributed by atoms with Gasteiger partial charge in [0.25, 0.3) is 6.43 Å². The largest absolute Gasteiger partial charge is 0.492 e. The molecule has 5 heteroatoms. The molecule has 0 amide bonds. The molecule has 0 radical (unpaired) electrons. The molecule has 3 nitrogen and oxygen atoms in total. The van der Waals surface area contributed by atoms with Gasteiger partial charge in [0.1, 0.15) is 11.9 Å². The zero-order chi connectivity index (χ0) is 15.2. The van der Waals surface area contributed by atoms with Gasteiger partial charge in [0.2, 0.25) is 0 Å². The number of pyridine rings is 1. The Bertz CT molecular complexity index is 590. The Kier molecular flexibility index (Phi) is 5.22. The smallest absolute Gasteiger partial charge is 0.263 e. The third-order valence-electron chi connectivity index (χ3n) is 3.00. The number of benzene rings is 1. The summed E-state index contributed by atoms with van der Waals surface area (Å²) in [5, 5.41) is 10.3. The molecule has 0 saturated carbocycles. The summed E-state index contributed by atoms with van der Waals surface area (Å²) < 4.78 is 30.9. The molecule has 1 unspecified atom stereocenters. The highest BCUT2D eigenvalue weighted by Gasteiger charge is 2.15. The van der Waals surface area contributed by atoms with Gasteiger partial charge in [-0.2, -0.15) is 0 Å². The number of hydrogen-bond acceptors (Lipinski definition) is 3. The first kappa shape index (κ1) is 15.4. The van der Waals surface area contributed by atoms with Crippen LogP contribution in [0.3, 0.4) is 0 Å². The number of nitrogens with zero attached hydrogens (tertiary/aromatic N) is 1. The number of aliphatic hydroxyl groups excluding tert-OH is 1. The Morgan fingerprint density at radius 2 is 1.90 bits per heavy atom. The van der Waals surface area contributed by atoms with E-state index in [2.05, 4.69) is 4.98 Å². The first-order valence-electron chi connectivity index (χ1n) is 6.75. The number of halogens is 2. The standard InChI is InChI=1S/C16H17F2NO2/c1-2-6-21-14-8-13(9-19-10-14)15(20)11-4-3-5-12(7-11)16(17)18/h3-5,7-10,15-16,20H,2,6H2,1H3. The van der Waals surface area contributed by atoms with E-state index >= 15 is 0 Å². The molecule has 0 spiro atoms. The summed E-state index contributed by atoms with van der Waals surface area (Å²) in [5.74, 6) is 0.554. The SMILES string of the molecule is CCCOc1cncc(C(O)c2cccc(C(F)F)c2)c1. The van der Waals surface area contributed by atoms with E-state index in [4.69, 9.17) is 4.74 Å². The number of hydrogen-bond donors (Lipinski definition) is 1. The average Bonchev–Trinajstić information content (AvgIpc) is 2.52. The molecule has 0 fully saturated rings. The molecule has 2 aromatic rings. The zero-order valence-corrected chi connectivity index (χ0v) is 11.7. The van der Waals surface area contributed by atoms with Crippen molar-refractivity contribution in [3.05, 3.63) is 59.4 Å². The minimum absolute atomic E-state index is 0.113. The lowest BCUT2D eigenvalue weighted by molar-refractivity contribution is 0.150. The number of rotatable bonds is 6. The molecule has 0 saturated heterocycles. The summed E-state index contributed by atoms with van der Waals surface area (Å²) in [4.78, 5) is 4.01. The van der Waals surface area contributed by atoms with Gasteiger partial charge < -0.3 is 9.84 Å². The zero-order valence-electron chi connectivity index (χ0n) is 11.7. The summed E-state index contributed by atoms with van der Waals surface area (Å²) in [7, 11) is 0. The van der Waals surface area contributed by atoms with E-state index in [1.807, 2.05) is 6.92 Å². The molecular weight excluding hydrogens is 276 g/mol. The number of ether oxygens (including phenoxy) is 1. The molecule has 0 bridgehead atoms. The minimum atomic E-state index is -2.56. The Hall–Kier alpha value is -2.01. The van der Waals surface area contributed by atoms with Crippen LogP contribution in [0.5, 0.6) is 5.75 Å². The predicted octanol–water partition coefficient (Wildman–Crippen LogP) is 3.89. The van der Waals surface area contributed by atoms with Crippen LogP contribution in [0.1, 0.15) is 42.6 Å². The fourth-order valence-electron chi connectivity index (χ4n) is 1.94. The summed E-state index contributed by atoms with van der Waals surface area (Å²) in [6, 6.07) is 7.41. The Balaban J connectivity index is 2.23. The highest BCUT2D eigenvalue weighted by Crippen LogP contribution is 2.27. The van der Waals surface area contributed by atoms with Crippen LogP contribution in [-0.4, -0.2) is 16.7 Å². The van der Waals surface area contributed by atoms with Crippen LogP contribution < -0.4 is 4.74 Å². The molecule has 1 aromatic carbocycles. The van der Waals surface area contributed by atoms with E-state index in [0.717, 1.165) is 6.42 Å². The van der Waals surface area contributed by atoms with Crippen molar-refractivity contribution in [2.24, 2.45) is 0 Å². The summed E-state index contributed by atoms with van der Waals surface area (Å²) >= 11 is 0. The van der Waals surface area contributed by atoms with Crippen molar-refractivity contribution in [2.45, 2.75) is 25.9 Å². The van der Waals surface area contributed by atoms with Crippen molar-refractivity contribution < 1.29 is 18.6 Å². The van der Waals surface area contributed by atoms with E-state index in [-0.39, 0.29) is 5.56 Å². The van der Waals surface area contributed by atoms with E-state index in [9.17, 15) is 13.9 Å². The van der Waals surface area contributed by atoms with Crippen LogP contribution in [0, 0.1) is 0 Å². The summed E-state index contributed by atoms with van der Waals surface area (Å²) in [5.41, 5.74) is 0.801. The fourth-order valence-corrected chi connectivity index (χ4v) is 1.94. The molecule has 112 valence electrons. The average molecular weight is 293 g/mol. The first-order chi connectivity index (χ1) is 10.1. The molecule has 0 aliphatic heterocycles. The van der Waals surface area contributed by atoms with Crippen molar-refractivity contribution in [3.8, 4) is 5.75 Å². The third kappa shape index (κ3) is 3.98. The van der Waals surface area contributed by atoms with Gasteiger partial charge >= 0.3 is 0 Å². The van der Waals surface area contributed by atoms with Crippen molar-refractivity contribution in [1.82, 2.24) is 4.98 Å². The van der Waals surface area contributed by atoms with E-state index in [1.54, 1.807) is 18.3 Å². The highest BCUT2D eigenvalue weighted by molar-refractivity contribution is 5.34. The molecular formula is C16H17F2NO2. The van der Waals surface area contributed by atoms with Crippen molar-refractivity contribution in [1.29, 1.82) is 0 Å². The van der Waals surface area contributed by atoms with E-state index in [1.165, 1.54) is 24.4 Å². The normalized spacial score (nSPS) is 12.4. The van der Waals surface area contributed by atoms with Crippen LogP contribution in [0.2, 0.25) is 0 Å². The second kappa shape index (κ2) is 7.13. The lowest BCUT2D eigenvalue weighted by Crippen LogP contribution is -2.03. The molecule has 1 aromatic heterocycles. The van der Waals surface area contributed by atoms with Crippen molar-refractivity contribution in [2.75, 3.05) is 6.61 Å². The van der Waals surface area contributed by atoms with Crippen LogP contribution in [-0.2, 0) is 0 Å². The van der Waals surface area contributed by atoms with Gasteiger partial charge in [-0.25, -0.2) is 8.78 Å². The molecule has 1 heterocycles. The van der Waals surface area contributed by atoms with Crippen LogP contribution in [0.15, 0.2) is 42.7 Å². The second-order valence-corrected chi connectivity index (χ2v) is 4.68. The summed E-state index contributed by atoms with van der Waals surface area (Å²) in [6.45, 7) is 2.55. The van der Waals surface area contributed by atoms with Gasteiger partial charge in [-0.05, 0) is 24.1 Å². The fraction of sp³-hybridized carbons (Fsp3) is 0.312. The van der Waals surface area contributed by atoms with E-state index in [0.29, 0.717) is 23.5 Å². The maximum atomic E-state index is 12.7. The Labute approximate surface area is 122 Å². The molecule has 0 aliphatic carbocycles. The van der Waals surface area contributed by atoms with Crippen molar-refractivity contribution in [3.63, 3.8) is 0 Å². The topological polar surface area (TPSA) is 42.4 Å². The van der Waals surface area contributed by atoms with Gasteiger partial charge in [-0.3, -0.25) is 4.98 Å². The maximum absolute atomic E-state index is 12.7. The molecule has 1 atom stereocenters. The third-order valence-corrected chi connectivity index (χ3v) is 3.00. The molecule has 21 heavy (non-hydrogen) atoms. The van der Waals surface area contributed by atoms with Crippen LogP contribution in [0.4, 0.5) is 8.78 Å². The Morgan fingerprint density at radius 3 is 2.62 bits per heavy atom. The van der Waals surface area contributed by atoms with E-state index < -0.39 is 12.5 Å². The van der Waals surface area contributed by atoms with Crippen LogP contribution in [0.25, 0.3) is 0 Å². The summed E-state index contributed by atoms with van der Waals surface area (Å²) in [6.07, 6.45) is 0.347. The number of aliphatic hydroxyl groups is 1. The first-order valence-corrected chi connectivity index (χ1v) is 6.75. The number of alkyl halides is 2. The highest BCUT2D eigenvalue weighted by atomic mass is 19.3. The van der Waals surface area contributed by atoms with Gasteiger partial charge in [0, 0.05) is 17.3 Å². The maximum Gasteiger partial charge on any atom is 0.263 e. The molecule has 2 rings (SSSR count). The predicted molar refractivity (Wildman–Crippen MR) is 75.5 cm³/mol. The minimum Gasteiger partial charge on any atom is -0.492 e. The van der Waals surface area contributed by atoms with Gasteiger partial charge in [0.15, 0.2) is 0 Å². The Morgan fingerprint density at radius 1 is 1.14 bits per heavy atom. The number of aromatic nitrogens is 1. The monoisotopic (exact) mass is 293 g/mol. The van der Waals surface area contributed by atoms with Gasteiger partial charge in [-0.15, -0.1) is 0 Å².